The molecule has 20 heavy (non-hydrogen) atoms. The van der Waals surface area contributed by atoms with E-state index in [1.807, 2.05) is 0 Å². The van der Waals surface area contributed by atoms with Gasteiger partial charge in [0.2, 0.25) is 0 Å². The molecule has 0 radical (unpaired) electrons. The van der Waals surface area contributed by atoms with Gasteiger partial charge in [0.15, 0.2) is 0 Å². The molecule has 4 nitrogen and oxygen atoms in total. The summed E-state index contributed by atoms with van der Waals surface area (Å²) in [6.07, 6.45) is 2.20. The van der Waals surface area contributed by atoms with Crippen LogP contribution in [0.3, 0.4) is 0 Å². The highest BCUT2D eigenvalue weighted by Crippen LogP contribution is 2.23. The van der Waals surface area contributed by atoms with Crippen LogP contribution in [-0.2, 0) is 6.54 Å². The maximum Gasteiger partial charge on any atom is 0.326 e. The number of likely N-dealkylation sites (tertiary alicyclic amines) is 1. The van der Waals surface area contributed by atoms with E-state index in [-0.39, 0.29) is 11.5 Å². The van der Waals surface area contributed by atoms with Gasteiger partial charge in [-0.1, -0.05) is 6.07 Å². The van der Waals surface area contributed by atoms with Crippen LogP contribution in [0.1, 0.15) is 26.7 Å². The van der Waals surface area contributed by atoms with Gasteiger partial charge in [0, 0.05) is 18.6 Å². The SMILES string of the molecule is CC(C)N1CCCC1Cn1c(=O)[nH]c2cccc(F)c21. The minimum absolute atomic E-state index is 0.222. The molecule has 1 aliphatic heterocycles. The Morgan fingerprint density at radius 2 is 2.25 bits per heavy atom. The number of halogens is 1. The van der Waals surface area contributed by atoms with Crippen LogP contribution in [0.15, 0.2) is 23.0 Å². The van der Waals surface area contributed by atoms with Crippen LogP contribution >= 0.6 is 0 Å². The molecule has 108 valence electrons. The average molecular weight is 277 g/mol. The molecule has 1 atom stereocenters. The molecule has 5 heteroatoms. The lowest BCUT2D eigenvalue weighted by molar-refractivity contribution is 0.187. The van der Waals surface area contributed by atoms with E-state index < -0.39 is 0 Å². The van der Waals surface area contributed by atoms with Gasteiger partial charge in [0.25, 0.3) is 0 Å². The monoisotopic (exact) mass is 277 g/mol. The van der Waals surface area contributed by atoms with Crippen molar-refractivity contribution in [3.05, 3.63) is 34.5 Å². The molecule has 2 aromatic rings. The third kappa shape index (κ3) is 2.16. The zero-order valence-corrected chi connectivity index (χ0v) is 11.9. The fraction of sp³-hybridized carbons (Fsp3) is 0.533. The fourth-order valence-electron chi connectivity index (χ4n) is 3.29. The topological polar surface area (TPSA) is 41.0 Å². The molecule has 0 bridgehead atoms. The van der Waals surface area contributed by atoms with E-state index in [0.29, 0.717) is 29.7 Å². The van der Waals surface area contributed by atoms with Crippen LogP contribution in [0.4, 0.5) is 4.39 Å². The van der Waals surface area contributed by atoms with E-state index in [2.05, 4.69) is 23.7 Å². The molecule has 1 aromatic heterocycles. The smallest absolute Gasteiger partial charge is 0.305 e. The second-order valence-electron chi connectivity index (χ2n) is 5.80. The molecule has 0 aliphatic carbocycles. The molecule has 0 saturated carbocycles. The number of imidazole rings is 1. The van der Waals surface area contributed by atoms with Crippen molar-refractivity contribution < 1.29 is 4.39 Å². The first-order valence-electron chi connectivity index (χ1n) is 7.20. The molecule has 1 aromatic carbocycles. The molecule has 0 spiro atoms. The zero-order chi connectivity index (χ0) is 14.3. The van der Waals surface area contributed by atoms with Crippen molar-refractivity contribution in [3.63, 3.8) is 0 Å². The molecule has 2 heterocycles. The number of rotatable bonds is 3. The first kappa shape index (κ1) is 13.4. The number of H-pyrrole nitrogens is 1. The largest absolute Gasteiger partial charge is 0.326 e. The van der Waals surface area contributed by atoms with Crippen LogP contribution in [0, 0.1) is 5.82 Å². The quantitative estimate of drug-likeness (QED) is 0.935. The predicted molar refractivity (Wildman–Crippen MR) is 77.4 cm³/mol. The summed E-state index contributed by atoms with van der Waals surface area (Å²) in [5.74, 6) is -0.338. The number of para-hydroxylation sites is 1. The normalized spacial score (nSPS) is 20.3. The standard InChI is InChI=1S/C15H20FN3O/c1-10(2)18-8-4-5-11(18)9-19-14-12(16)6-3-7-13(14)17-15(19)20/h3,6-7,10-11H,4-5,8-9H2,1-2H3,(H,17,20). The molecule has 1 saturated heterocycles. The van der Waals surface area contributed by atoms with Crippen LogP contribution < -0.4 is 5.69 Å². The van der Waals surface area contributed by atoms with Crippen molar-refractivity contribution in [1.29, 1.82) is 0 Å². The summed E-state index contributed by atoms with van der Waals surface area (Å²) in [7, 11) is 0. The Kier molecular flexibility index (Phi) is 3.38. The van der Waals surface area contributed by atoms with Crippen LogP contribution in [0.2, 0.25) is 0 Å². The van der Waals surface area contributed by atoms with Crippen LogP contribution in [0.25, 0.3) is 11.0 Å². The summed E-state index contributed by atoms with van der Waals surface area (Å²) in [4.78, 5) is 17.2. The summed E-state index contributed by atoms with van der Waals surface area (Å²) >= 11 is 0. The lowest BCUT2D eigenvalue weighted by Crippen LogP contribution is -2.39. The van der Waals surface area contributed by atoms with Crippen molar-refractivity contribution in [2.24, 2.45) is 0 Å². The van der Waals surface area contributed by atoms with Crippen molar-refractivity contribution in [3.8, 4) is 0 Å². The molecular weight excluding hydrogens is 257 g/mol. The summed E-state index contributed by atoms with van der Waals surface area (Å²) in [5.41, 5.74) is 0.748. The van der Waals surface area contributed by atoms with Crippen LogP contribution in [-0.4, -0.2) is 33.1 Å². The third-order valence-electron chi connectivity index (χ3n) is 4.22. The Balaban J connectivity index is 1.99. The summed E-state index contributed by atoms with van der Waals surface area (Å²) in [5, 5.41) is 0. The van der Waals surface area contributed by atoms with Crippen molar-refractivity contribution in [1.82, 2.24) is 14.5 Å². The second-order valence-corrected chi connectivity index (χ2v) is 5.80. The van der Waals surface area contributed by atoms with E-state index in [4.69, 9.17) is 0 Å². The van der Waals surface area contributed by atoms with Crippen LogP contribution in [0.5, 0.6) is 0 Å². The van der Waals surface area contributed by atoms with Crippen molar-refractivity contribution in [2.45, 2.75) is 45.3 Å². The molecule has 0 amide bonds. The average Bonchev–Trinajstić information content (AvgIpc) is 2.96. The van der Waals surface area contributed by atoms with Gasteiger partial charge in [0.05, 0.1) is 5.52 Å². The lowest BCUT2D eigenvalue weighted by atomic mass is 10.2. The zero-order valence-electron chi connectivity index (χ0n) is 11.9. The van der Waals surface area contributed by atoms with Gasteiger partial charge in [-0.25, -0.2) is 9.18 Å². The molecule has 1 N–H and O–H groups in total. The lowest BCUT2D eigenvalue weighted by Gasteiger charge is -2.28. The maximum absolute atomic E-state index is 14.0. The van der Waals surface area contributed by atoms with Gasteiger partial charge in [-0.2, -0.15) is 0 Å². The van der Waals surface area contributed by atoms with Gasteiger partial charge < -0.3 is 4.98 Å². The number of aromatic nitrogens is 2. The highest BCUT2D eigenvalue weighted by molar-refractivity contribution is 5.75. The van der Waals surface area contributed by atoms with Crippen molar-refractivity contribution >= 4 is 11.0 Å². The van der Waals surface area contributed by atoms with E-state index in [9.17, 15) is 9.18 Å². The minimum Gasteiger partial charge on any atom is -0.305 e. The van der Waals surface area contributed by atoms with E-state index >= 15 is 0 Å². The fourth-order valence-corrected chi connectivity index (χ4v) is 3.29. The Bertz CT molecular complexity index is 673. The number of nitrogens with one attached hydrogen (secondary N) is 1. The van der Waals surface area contributed by atoms with Gasteiger partial charge in [-0.05, 0) is 45.4 Å². The Hall–Kier alpha value is -1.62. The maximum atomic E-state index is 14.0. The molecule has 1 unspecified atom stereocenters. The van der Waals surface area contributed by atoms with Gasteiger partial charge in [-0.3, -0.25) is 9.47 Å². The molecule has 3 rings (SSSR count). The number of hydrogen-bond acceptors (Lipinski definition) is 2. The van der Waals surface area contributed by atoms with Gasteiger partial charge in [-0.15, -0.1) is 0 Å². The summed E-state index contributed by atoms with van der Waals surface area (Å²) < 4.78 is 15.5. The number of aromatic amines is 1. The number of fused-ring (bicyclic) bond motifs is 1. The summed E-state index contributed by atoms with van der Waals surface area (Å²) in [6.45, 7) is 5.94. The highest BCUT2D eigenvalue weighted by atomic mass is 19.1. The summed E-state index contributed by atoms with van der Waals surface area (Å²) in [6, 6.07) is 5.53. The molecule has 1 aliphatic rings. The van der Waals surface area contributed by atoms with E-state index in [1.54, 1.807) is 16.7 Å². The third-order valence-corrected chi connectivity index (χ3v) is 4.22. The number of benzene rings is 1. The first-order valence-corrected chi connectivity index (χ1v) is 7.20. The van der Waals surface area contributed by atoms with Gasteiger partial charge in [0.1, 0.15) is 11.3 Å². The predicted octanol–water partition coefficient (Wildman–Crippen LogP) is 2.34. The van der Waals surface area contributed by atoms with E-state index in [0.717, 1.165) is 19.4 Å². The van der Waals surface area contributed by atoms with Crippen molar-refractivity contribution in [2.75, 3.05) is 6.54 Å². The highest BCUT2D eigenvalue weighted by Gasteiger charge is 2.28. The number of nitrogens with zero attached hydrogens (tertiary/aromatic N) is 2. The molecular formula is C15H20FN3O. The minimum atomic E-state index is -0.338. The Morgan fingerprint density at radius 1 is 1.45 bits per heavy atom. The van der Waals surface area contributed by atoms with E-state index in [1.165, 1.54) is 6.07 Å². The van der Waals surface area contributed by atoms with Gasteiger partial charge >= 0.3 is 5.69 Å². The Labute approximate surface area is 117 Å². The first-order chi connectivity index (χ1) is 9.58. The Morgan fingerprint density at radius 3 is 3.00 bits per heavy atom. The molecule has 1 fully saturated rings. The number of hydrogen-bond donors (Lipinski definition) is 1. The second kappa shape index (κ2) is 5.05.